The van der Waals surface area contributed by atoms with Crippen molar-refractivity contribution in [2.45, 2.75) is 39.2 Å². The molecule has 2 rings (SSSR count). The van der Waals surface area contributed by atoms with Crippen LogP contribution in [0, 0.1) is 10.8 Å². The fourth-order valence-corrected chi connectivity index (χ4v) is 2.52. The van der Waals surface area contributed by atoms with Gasteiger partial charge in [0.25, 0.3) is 0 Å². The fourth-order valence-electron chi connectivity index (χ4n) is 2.52. The first-order valence-corrected chi connectivity index (χ1v) is 6.08. The zero-order valence-corrected chi connectivity index (χ0v) is 10.2. The number of rotatable bonds is 3. The monoisotopic (exact) mass is 226 g/mol. The zero-order valence-electron chi connectivity index (χ0n) is 10.2. The smallest absolute Gasteiger partial charge is 0.227 e. The van der Waals surface area contributed by atoms with Crippen molar-refractivity contribution in [2.75, 3.05) is 19.8 Å². The van der Waals surface area contributed by atoms with Crippen LogP contribution in [0.15, 0.2) is 0 Å². The Morgan fingerprint density at radius 3 is 2.62 bits per heavy atom. The van der Waals surface area contributed by atoms with E-state index in [1.807, 2.05) is 6.92 Å². The Balaban J connectivity index is 1.87. The number of amides is 1. The van der Waals surface area contributed by atoms with E-state index >= 15 is 0 Å². The summed E-state index contributed by atoms with van der Waals surface area (Å²) >= 11 is 0. The summed E-state index contributed by atoms with van der Waals surface area (Å²) in [7, 11) is 0. The number of hydrogen-bond acceptors (Lipinski definition) is 3. The van der Waals surface area contributed by atoms with Crippen molar-refractivity contribution in [3.8, 4) is 0 Å². The lowest BCUT2D eigenvalue weighted by Crippen LogP contribution is -2.53. The minimum atomic E-state index is -0.360. The number of carbonyl (C=O) groups is 1. The lowest BCUT2D eigenvalue weighted by Gasteiger charge is -2.39. The van der Waals surface area contributed by atoms with Crippen LogP contribution in [0.2, 0.25) is 0 Å². The topological polar surface area (TPSA) is 64.4 Å². The summed E-state index contributed by atoms with van der Waals surface area (Å²) < 4.78 is 5.17. The average Bonchev–Trinajstić information content (AvgIpc) is 2.54. The number of nitrogens with one attached hydrogen (secondary N) is 1. The SMILES string of the molecule is CC1(CNC(=O)C2(C)CCCC2N)COC1. The van der Waals surface area contributed by atoms with Gasteiger partial charge in [0, 0.05) is 18.0 Å². The highest BCUT2D eigenvalue weighted by Crippen LogP contribution is 2.37. The van der Waals surface area contributed by atoms with Gasteiger partial charge in [0.15, 0.2) is 0 Å². The minimum Gasteiger partial charge on any atom is -0.380 e. The summed E-state index contributed by atoms with van der Waals surface area (Å²) in [6, 6.07) is 0.0120. The molecule has 1 saturated carbocycles. The van der Waals surface area contributed by atoms with E-state index < -0.39 is 0 Å². The van der Waals surface area contributed by atoms with Gasteiger partial charge in [-0.25, -0.2) is 0 Å². The largest absolute Gasteiger partial charge is 0.380 e. The molecule has 1 saturated heterocycles. The molecule has 0 aromatic heterocycles. The van der Waals surface area contributed by atoms with Gasteiger partial charge in [0.1, 0.15) is 0 Å². The normalized spacial score (nSPS) is 36.8. The summed E-state index contributed by atoms with van der Waals surface area (Å²) in [6.07, 6.45) is 2.93. The molecule has 0 aromatic rings. The summed E-state index contributed by atoms with van der Waals surface area (Å²) in [5, 5.41) is 3.04. The molecule has 4 heteroatoms. The highest BCUT2D eigenvalue weighted by Gasteiger charge is 2.44. The third-order valence-corrected chi connectivity index (χ3v) is 4.13. The van der Waals surface area contributed by atoms with Crippen LogP contribution in [0.4, 0.5) is 0 Å². The van der Waals surface area contributed by atoms with Crippen molar-refractivity contribution in [2.24, 2.45) is 16.6 Å². The predicted molar refractivity (Wildman–Crippen MR) is 61.9 cm³/mol. The quantitative estimate of drug-likeness (QED) is 0.743. The van der Waals surface area contributed by atoms with Crippen LogP contribution in [0.25, 0.3) is 0 Å². The van der Waals surface area contributed by atoms with E-state index in [1.54, 1.807) is 0 Å². The molecule has 92 valence electrons. The molecule has 2 fully saturated rings. The van der Waals surface area contributed by atoms with Crippen molar-refractivity contribution in [3.63, 3.8) is 0 Å². The Morgan fingerprint density at radius 1 is 1.50 bits per heavy atom. The molecule has 0 bridgehead atoms. The summed E-state index contributed by atoms with van der Waals surface area (Å²) in [5.41, 5.74) is 5.79. The third-order valence-electron chi connectivity index (χ3n) is 4.13. The molecule has 0 aromatic carbocycles. The third kappa shape index (κ3) is 1.96. The Labute approximate surface area is 96.9 Å². The maximum atomic E-state index is 12.1. The van der Waals surface area contributed by atoms with Crippen LogP contribution in [0.1, 0.15) is 33.1 Å². The Bertz CT molecular complexity index is 289. The van der Waals surface area contributed by atoms with Gasteiger partial charge in [0.05, 0.1) is 18.6 Å². The van der Waals surface area contributed by atoms with Crippen molar-refractivity contribution in [1.29, 1.82) is 0 Å². The molecule has 16 heavy (non-hydrogen) atoms. The molecular formula is C12H22N2O2. The van der Waals surface area contributed by atoms with Gasteiger partial charge in [-0.15, -0.1) is 0 Å². The first kappa shape index (κ1) is 11.9. The summed E-state index contributed by atoms with van der Waals surface area (Å²) in [5.74, 6) is 0.116. The number of ether oxygens (including phenoxy) is 1. The lowest BCUT2D eigenvalue weighted by molar-refractivity contribution is -0.135. The molecule has 2 aliphatic rings. The van der Waals surface area contributed by atoms with Crippen molar-refractivity contribution in [1.82, 2.24) is 5.32 Å². The lowest BCUT2D eigenvalue weighted by atomic mass is 9.83. The van der Waals surface area contributed by atoms with Crippen molar-refractivity contribution >= 4 is 5.91 Å². The predicted octanol–water partition coefficient (Wildman–Crippen LogP) is 0.657. The Hall–Kier alpha value is -0.610. The molecule has 0 spiro atoms. The Kier molecular flexibility index (Phi) is 2.97. The van der Waals surface area contributed by atoms with Crippen LogP contribution < -0.4 is 11.1 Å². The van der Waals surface area contributed by atoms with Crippen molar-refractivity contribution in [3.05, 3.63) is 0 Å². The first-order valence-electron chi connectivity index (χ1n) is 6.08. The van der Waals surface area contributed by atoms with Crippen LogP contribution in [0.3, 0.4) is 0 Å². The van der Waals surface area contributed by atoms with E-state index in [0.29, 0.717) is 6.54 Å². The second-order valence-corrected chi connectivity index (χ2v) is 5.90. The van der Waals surface area contributed by atoms with E-state index in [1.165, 1.54) is 0 Å². The summed E-state index contributed by atoms with van der Waals surface area (Å²) in [4.78, 5) is 12.1. The van der Waals surface area contributed by atoms with Crippen LogP contribution in [-0.2, 0) is 9.53 Å². The molecule has 0 radical (unpaired) electrons. The highest BCUT2D eigenvalue weighted by atomic mass is 16.5. The van der Waals surface area contributed by atoms with Gasteiger partial charge >= 0.3 is 0 Å². The maximum absolute atomic E-state index is 12.1. The second kappa shape index (κ2) is 4.00. The molecule has 1 aliphatic carbocycles. The van der Waals surface area contributed by atoms with E-state index in [2.05, 4.69) is 12.2 Å². The van der Waals surface area contributed by atoms with E-state index in [0.717, 1.165) is 32.5 Å². The van der Waals surface area contributed by atoms with Gasteiger partial charge in [-0.05, 0) is 19.8 Å². The average molecular weight is 226 g/mol. The molecule has 2 atom stereocenters. The van der Waals surface area contributed by atoms with Crippen molar-refractivity contribution < 1.29 is 9.53 Å². The van der Waals surface area contributed by atoms with E-state index in [9.17, 15) is 4.79 Å². The standard InChI is InChI=1S/C12H22N2O2/c1-11(7-16-8-11)6-14-10(15)12(2)5-3-4-9(12)13/h9H,3-8,13H2,1-2H3,(H,14,15). The molecule has 1 aliphatic heterocycles. The number of hydrogen-bond donors (Lipinski definition) is 2. The van der Waals surface area contributed by atoms with E-state index in [-0.39, 0.29) is 22.8 Å². The Morgan fingerprint density at radius 2 is 2.19 bits per heavy atom. The first-order chi connectivity index (χ1) is 7.46. The fraction of sp³-hybridized carbons (Fsp3) is 0.917. The van der Waals surface area contributed by atoms with Gasteiger partial charge in [0.2, 0.25) is 5.91 Å². The zero-order chi connectivity index (χ0) is 11.8. The molecular weight excluding hydrogens is 204 g/mol. The molecule has 1 amide bonds. The van der Waals surface area contributed by atoms with Crippen LogP contribution in [-0.4, -0.2) is 31.7 Å². The maximum Gasteiger partial charge on any atom is 0.227 e. The van der Waals surface area contributed by atoms with E-state index in [4.69, 9.17) is 10.5 Å². The van der Waals surface area contributed by atoms with Crippen LogP contribution in [0.5, 0.6) is 0 Å². The molecule has 4 nitrogen and oxygen atoms in total. The summed E-state index contributed by atoms with van der Waals surface area (Å²) in [6.45, 7) is 6.31. The van der Waals surface area contributed by atoms with Gasteiger partial charge in [-0.1, -0.05) is 13.3 Å². The second-order valence-electron chi connectivity index (χ2n) is 5.90. The molecule has 1 heterocycles. The molecule has 3 N–H and O–H groups in total. The highest BCUT2D eigenvalue weighted by molar-refractivity contribution is 5.83. The van der Waals surface area contributed by atoms with Gasteiger partial charge in [-0.2, -0.15) is 0 Å². The number of carbonyl (C=O) groups excluding carboxylic acids is 1. The van der Waals surface area contributed by atoms with Gasteiger partial charge in [-0.3, -0.25) is 4.79 Å². The van der Waals surface area contributed by atoms with Crippen LogP contribution >= 0.6 is 0 Å². The molecule has 2 unspecified atom stereocenters. The van der Waals surface area contributed by atoms with Gasteiger partial charge < -0.3 is 15.8 Å². The number of nitrogens with two attached hydrogens (primary N) is 1. The minimum absolute atomic E-state index is 0.0120.